The second kappa shape index (κ2) is 3.51. The van der Waals surface area contributed by atoms with Crippen molar-refractivity contribution in [2.75, 3.05) is 0 Å². The van der Waals surface area contributed by atoms with Crippen LogP contribution in [0.25, 0.3) is 0 Å². The fourth-order valence-electron chi connectivity index (χ4n) is 1.67. The number of ketones is 1. The number of allylic oxidation sites excluding steroid dienone is 2. The van der Waals surface area contributed by atoms with Crippen molar-refractivity contribution < 1.29 is 4.79 Å². The molecule has 0 N–H and O–H groups in total. The van der Waals surface area contributed by atoms with E-state index in [9.17, 15) is 4.79 Å². The van der Waals surface area contributed by atoms with Crippen molar-refractivity contribution in [2.45, 2.75) is 47.1 Å². The van der Waals surface area contributed by atoms with E-state index in [1.807, 2.05) is 6.20 Å². The van der Waals surface area contributed by atoms with Gasteiger partial charge in [-0.1, -0.05) is 19.9 Å². The number of carbonyl (C=O) groups is 1. The number of rotatable bonds is 1. The first-order valence-electron chi connectivity index (χ1n) is 5.35. The van der Waals surface area contributed by atoms with Gasteiger partial charge in [0, 0.05) is 28.9 Å². The molecule has 1 rings (SSSR count). The van der Waals surface area contributed by atoms with Crippen LogP contribution in [0.3, 0.4) is 0 Å². The lowest BCUT2D eigenvalue weighted by Crippen LogP contribution is -2.37. The van der Waals surface area contributed by atoms with E-state index in [1.54, 1.807) is 6.92 Å². The average molecular weight is 207 g/mol. The lowest BCUT2D eigenvalue weighted by molar-refractivity contribution is -0.114. The van der Waals surface area contributed by atoms with E-state index in [1.165, 1.54) is 0 Å². The van der Waals surface area contributed by atoms with Gasteiger partial charge in [0.15, 0.2) is 5.78 Å². The molecule has 0 amide bonds. The molecule has 2 nitrogen and oxygen atoms in total. The van der Waals surface area contributed by atoms with Crippen molar-refractivity contribution >= 4 is 5.78 Å². The standard InChI is InChI=1S/C13H21NO/c1-10(15)11-9-14(12(2,3)4)8-7-13(11,5)6/h7-9H,1-6H3. The van der Waals surface area contributed by atoms with Gasteiger partial charge in [0.05, 0.1) is 0 Å². The maximum atomic E-state index is 11.6. The molecule has 0 unspecified atom stereocenters. The van der Waals surface area contributed by atoms with Gasteiger partial charge in [0.25, 0.3) is 0 Å². The minimum Gasteiger partial charge on any atom is -0.349 e. The van der Waals surface area contributed by atoms with E-state index in [-0.39, 0.29) is 16.7 Å². The molecule has 1 aliphatic heterocycles. The van der Waals surface area contributed by atoms with Crippen LogP contribution in [-0.4, -0.2) is 16.2 Å². The molecule has 2 heteroatoms. The van der Waals surface area contributed by atoms with Crippen molar-refractivity contribution in [3.05, 3.63) is 24.0 Å². The Morgan fingerprint density at radius 3 is 2.27 bits per heavy atom. The first-order valence-corrected chi connectivity index (χ1v) is 5.35. The summed E-state index contributed by atoms with van der Waals surface area (Å²) in [6.45, 7) is 12.2. The van der Waals surface area contributed by atoms with Crippen molar-refractivity contribution in [3.63, 3.8) is 0 Å². The Morgan fingerprint density at radius 1 is 1.33 bits per heavy atom. The minimum atomic E-state index is -0.145. The molecule has 0 radical (unpaired) electrons. The van der Waals surface area contributed by atoms with E-state index in [2.05, 4.69) is 51.8 Å². The van der Waals surface area contributed by atoms with Crippen molar-refractivity contribution in [1.82, 2.24) is 4.90 Å². The summed E-state index contributed by atoms with van der Waals surface area (Å²) >= 11 is 0. The predicted octanol–water partition coefficient (Wildman–Crippen LogP) is 3.11. The van der Waals surface area contributed by atoms with Gasteiger partial charge in [0.2, 0.25) is 0 Å². The van der Waals surface area contributed by atoms with E-state index in [4.69, 9.17) is 0 Å². The second-order valence-corrected chi connectivity index (χ2v) is 5.71. The Hall–Kier alpha value is -1.05. The van der Waals surface area contributed by atoms with Crippen LogP contribution >= 0.6 is 0 Å². The predicted molar refractivity (Wildman–Crippen MR) is 63.3 cm³/mol. The van der Waals surface area contributed by atoms with Gasteiger partial charge in [-0.05, 0) is 27.7 Å². The van der Waals surface area contributed by atoms with Crippen LogP contribution in [-0.2, 0) is 4.79 Å². The molecule has 0 fully saturated rings. The van der Waals surface area contributed by atoms with Gasteiger partial charge in [0.1, 0.15) is 0 Å². The Kier molecular flexibility index (Phi) is 2.81. The summed E-state index contributed by atoms with van der Waals surface area (Å²) in [6, 6.07) is 0. The van der Waals surface area contributed by atoms with Gasteiger partial charge in [-0.2, -0.15) is 0 Å². The Labute approximate surface area is 92.7 Å². The first-order chi connectivity index (χ1) is 6.64. The van der Waals surface area contributed by atoms with Crippen LogP contribution in [0.5, 0.6) is 0 Å². The summed E-state index contributed by atoms with van der Waals surface area (Å²) in [7, 11) is 0. The average Bonchev–Trinajstić information content (AvgIpc) is 2.00. The normalized spacial score (nSPS) is 20.1. The van der Waals surface area contributed by atoms with Crippen LogP contribution < -0.4 is 0 Å². The molecular weight excluding hydrogens is 186 g/mol. The second-order valence-electron chi connectivity index (χ2n) is 5.71. The van der Waals surface area contributed by atoms with Gasteiger partial charge in [-0.25, -0.2) is 0 Å². The quantitative estimate of drug-likeness (QED) is 0.658. The lowest BCUT2D eigenvalue weighted by atomic mass is 9.80. The smallest absolute Gasteiger partial charge is 0.158 e. The van der Waals surface area contributed by atoms with Crippen LogP contribution in [0, 0.1) is 5.41 Å². The molecule has 0 aromatic carbocycles. The summed E-state index contributed by atoms with van der Waals surface area (Å²) in [4.78, 5) is 13.7. The zero-order valence-corrected chi connectivity index (χ0v) is 10.6. The Balaban J connectivity index is 3.10. The van der Waals surface area contributed by atoms with Crippen molar-refractivity contribution in [2.24, 2.45) is 5.41 Å². The molecule has 0 atom stereocenters. The number of Topliss-reactive ketones (excluding diaryl/α,β-unsaturated/α-hetero) is 1. The number of hydrogen-bond acceptors (Lipinski definition) is 2. The molecule has 0 aromatic rings. The topological polar surface area (TPSA) is 20.3 Å². The molecule has 15 heavy (non-hydrogen) atoms. The molecule has 0 spiro atoms. The molecule has 84 valence electrons. The molecule has 0 saturated heterocycles. The minimum absolute atomic E-state index is 0.0215. The molecule has 0 aromatic heterocycles. The number of nitrogens with zero attached hydrogens (tertiary/aromatic N) is 1. The van der Waals surface area contributed by atoms with E-state index in [0.717, 1.165) is 5.57 Å². The van der Waals surface area contributed by atoms with E-state index in [0.29, 0.717) is 0 Å². The Morgan fingerprint density at radius 2 is 1.87 bits per heavy atom. The lowest BCUT2D eigenvalue weighted by Gasteiger charge is -2.38. The molecule has 1 heterocycles. The summed E-state index contributed by atoms with van der Waals surface area (Å²) in [6.07, 6.45) is 6.13. The molecular formula is C13H21NO. The van der Waals surface area contributed by atoms with Gasteiger partial charge in [-0.3, -0.25) is 4.79 Å². The van der Waals surface area contributed by atoms with Crippen LogP contribution in [0.1, 0.15) is 41.5 Å². The highest BCUT2D eigenvalue weighted by Gasteiger charge is 2.30. The van der Waals surface area contributed by atoms with Gasteiger partial charge < -0.3 is 4.90 Å². The number of hydrogen-bond donors (Lipinski definition) is 0. The summed E-state index contributed by atoms with van der Waals surface area (Å²) in [5.74, 6) is 0.151. The third kappa shape index (κ3) is 2.49. The maximum absolute atomic E-state index is 11.6. The van der Waals surface area contributed by atoms with E-state index < -0.39 is 0 Å². The molecule has 0 bridgehead atoms. The van der Waals surface area contributed by atoms with Crippen molar-refractivity contribution in [3.8, 4) is 0 Å². The number of carbonyl (C=O) groups excluding carboxylic acids is 1. The van der Waals surface area contributed by atoms with Crippen LogP contribution in [0.2, 0.25) is 0 Å². The van der Waals surface area contributed by atoms with Gasteiger partial charge >= 0.3 is 0 Å². The summed E-state index contributed by atoms with van der Waals surface area (Å²) in [5.41, 5.74) is 0.751. The Bertz CT molecular complexity index is 329. The SMILES string of the molecule is CC(=O)C1=CN(C(C)(C)C)C=CC1(C)C. The fraction of sp³-hybridized carbons (Fsp3) is 0.615. The largest absolute Gasteiger partial charge is 0.349 e. The zero-order chi connectivity index (χ0) is 11.9. The maximum Gasteiger partial charge on any atom is 0.158 e. The third-order valence-corrected chi connectivity index (χ3v) is 2.77. The highest BCUT2D eigenvalue weighted by atomic mass is 16.1. The van der Waals surface area contributed by atoms with Crippen LogP contribution in [0.15, 0.2) is 24.0 Å². The highest BCUT2D eigenvalue weighted by molar-refractivity contribution is 5.95. The molecule has 0 saturated carbocycles. The van der Waals surface area contributed by atoms with Crippen molar-refractivity contribution in [1.29, 1.82) is 0 Å². The summed E-state index contributed by atoms with van der Waals surface area (Å²) in [5, 5.41) is 0. The third-order valence-electron chi connectivity index (χ3n) is 2.77. The first kappa shape index (κ1) is 12.0. The fourth-order valence-corrected chi connectivity index (χ4v) is 1.67. The van der Waals surface area contributed by atoms with Gasteiger partial charge in [-0.15, -0.1) is 0 Å². The zero-order valence-electron chi connectivity index (χ0n) is 10.6. The van der Waals surface area contributed by atoms with Crippen LogP contribution in [0.4, 0.5) is 0 Å². The van der Waals surface area contributed by atoms with E-state index >= 15 is 0 Å². The summed E-state index contributed by atoms with van der Waals surface area (Å²) < 4.78 is 0. The highest BCUT2D eigenvalue weighted by Crippen LogP contribution is 2.34. The monoisotopic (exact) mass is 207 g/mol. The molecule has 1 aliphatic rings. The molecule has 0 aliphatic carbocycles.